The minimum Gasteiger partial charge on any atom is -0.331 e. The molecule has 0 aliphatic heterocycles. The molecule has 0 fully saturated rings. The Balaban J connectivity index is 1.92. The average Bonchev–Trinajstić information content (AvgIpc) is 3.03. The molecule has 0 atom stereocenters. The Kier molecular flexibility index (Phi) is 6.83. The normalized spacial score (nSPS) is 11.3. The van der Waals surface area contributed by atoms with Gasteiger partial charge >= 0.3 is 0 Å². The first-order valence-corrected chi connectivity index (χ1v) is 10.6. The molecule has 5 nitrogen and oxygen atoms in total. The second kappa shape index (κ2) is 9.32. The van der Waals surface area contributed by atoms with Crippen LogP contribution in [0, 0.1) is 5.92 Å². The van der Waals surface area contributed by atoms with Crippen LogP contribution in [-0.2, 0) is 13.1 Å². The van der Waals surface area contributed by atoms with Crippen molar-refractivity contribution in [2.45, 2.75) is 46.7 Å². The number of aryl methyl sites for hydroxylation is 1. The number of carbonyl (C=O) groups excluding carboxylic acids is 1. The van der Waals surface area contributed by atoms with Crippen LogP contribution >= 0.6 is 15.9 Å². The Morgan fingerprint density at radius 1 is 1.21 bits per heavy atom. The summed E-state index contributed by atoms with van der Waals surface area (Å²) in [6.45, 7) is 8.53. The first kappa shape index (κ1) is 20.5. The van der Waals surface area contributed by atoms with Crippen molar-refractivity contribution in [1.82, 2.24) is 19.4 Å². The maximum atomic E-state index is 13.2. The highest BCUT2D eigenvalue weighted by Gasteiger charge is 2.20. The van der Waals surface area contributed by atoms with Gasteiger partial charge in [0.2, 0.25) is 0 Å². The van der Waals surface area contributed by atoms with Crippen molar-refractivity contribution in [3.63, 3.8) is 0 Å². The maximum Gasteiger partial charge on any atom is 0.254 e. The molecule has 6 heteroatoms. The minimum absolute atomic E-state index is 0.0382. The highest BCUT2D eigenvalue weighted by atomic mass is 79.9. The first-order valence-electron chi connectivity index (χ1n) is 9.84. The zero-order valence-electron chi connectivity index (χ0n) is 16.7. The number of aromatic nitrogens is 3. The molecule has 0 bridgehead atoms. The second-order valence-corrected chi connectivity index (χ2v) is 8.36. The van der Waals surface area contributed by atoms with Gasteiger partial charge in [-0.3, -0.25) is 4.79 Å². The summed E-state index contributed by atoms with van der Waals surface area (Å²) in [5.41, 5.74) is 2.47. The van der Waals surface area contributed by atoms with E-state index >= 15 is 0 Å². The number of fused-ring (bicyclic) bond motifs is 1. The van der Waals surface area contributed by atoms with E-state index in [1.165, 1.54) is 0 Å². The Morgan fingerprint density at radius 3 is 2.64 bits per heavy atom. The van der Waals surface area contributed by atoms with Gasteiger partial charge in [0.1, 0.15) is 11.3 Å². The van der Waals surface area contributed by atoms with Crippen molar-refractivity contribution in [2.24, 2.45) is 5.92 Å². The van der Waals surface area contributed by atoms with Gasteiger partial charge in [0.15, 0.2) is 5.65 Å². The lowest BCUT2D eigenvalue weighted by atomic mass is 10.1. The van der Waals surface area contributed by atoms with Gasteiger partial charge in [-0.15, -0.1) is 0 Å². The molecule has 0 N–H and O–H groups in total. The summed E-state index contributed by atoms with van der Waals surface area (Å²) in [7, 11) is 0. The van der Waals surface area contributed by atoms with E-state index in [2.05, 4.69) is 46.3 Å². The van der Waals surface area contributed by atoms with Crippen LogP contribution in [0.5, 0.6) is 0 Å². The van der Waals surface area contributed by atoms with Crippen molar-refractivity contribution >= 4 is 33.0 Å². The average molecular weight is 443 g/mol. The van der Waals surface area contributed by atoms with Crippen LogP contribution in [0.3, 0.4) is 0 Å². The van der Waals surface area contributed by atoms with E-state index in [1.54, 1.807) is 6.20 Å². The van der Waals surface area contributed by atoms with Crippen LogP contribution in [0.2, 0.25) is 0 Å². The number of pyridine rings is 1. The Labute approximate surface area is 174 Å². The highest BCUT2D eigenvalue weighted by molar-refractivity contribution is 9.10. The molecule has 0 unspecified atom stereocenters. The third kappa shape index (κ3) is 4.79. The van der Waals surface area contributed by atoms with Gasteiger partial charge in [-0.1, -0.05) is 36.7 Å². The van der Waals surface area contributed by atoms with Crippen molar-refractivity contribution < 1.29 is 4.79 Å². The molecule has 0 spiro atoms. The van der Waals surface area contributed by atoms with Crippen molar-refractivity contribution in [3.05, 3.63) is 58.5 Å². The number of carbonyl (C=O) groups is 1. The molecule has 0 aliphatic carbocycles. The van der Waals surface area contributed by atoms with Gasteiger partial charge < -0.3 is 9.47 Å². The number of nitrogens with zero attached hydrogens (tertiary/aromatic N) is 4. The topological polar surface area (TPSA) is 51.0 Å². The summed E-state index contributed by atoms with van der Waals surface area (Å²) in [6, 6.07) is 11.4. The predicted octanol–water partition coefficient (Wildman–Crippen LogP) is 5.29. The number of halogens is 1. The number of hydrogen-bond donors (Lipinski definition) is 0. The Morgan fingerprint density at radius 2 is 1.96 bits per heavy atom. The molecule has 1 amide bonds. The lowest BCUT2D eigenvalue weighted by Crippen LogP contribution is -2.33. The van der Waals surface area contributed by atoms with Crippen molar-refractivity contribution in [3.8, 4) is 0 Å². The van der Waals surface area contributed by atoms with Crippen LogP contribution in [0.15, 0.2) is 47.1 Å². The van der Waals surface area contributed by atoms with E-state index in [0.29, 0.717) is 24.6 Å². The largest absolute Gasteiger partial charge is 0.331 e. The quantitative estimate of drug-likeness (QED) is 0.475. The molecule has 0 radical (unpaired) electrons. The SMILES string of the molecule is CCCn1c(CN(CCC(C)C)C(=O)c2ccc(Br)cc2)nc2cccnc21. The molecule has 2 heterocycles. The summed E-state index contributed by atoms with van der Waals surface area (Å²) in [4.78, 5) is 24.4. The molecule has 2 aromatic heterocycles. The minimum atomic E-state index is 0.0382. The molecular weight excluding hydrogens is 416 g/mol. The molecule has 148 valence electrons. The Bertz CT molecular complexity index is 933. The van der Waals surface area contributed by atoms with E-state index in [4.69, 9.17) is 4.98 Å². The van der Waals surface area contributed by atoms with E-state index in [1.807, 2.05) is 41.3 Å². The molecule has 0 saturated carbocycles. The zero-order chi connectivity index (χ0) is 20.1. The fourth-order valence-electron chi connectivity index (χ4n) is 3.20. The number of amides is 1. The van der Waals surface area contributed by atoms with E-state index in [0.717, 1.165) is 40.8 Å². The number of rotatable bonds is 8. The van der Waals surface area contributed by atoms with Gasteiger partial charge in [0, 0.05) is 29.3 Å². The lowest BCUT2D eigenvalue weighted by Gasteiger charge is -2.24. The first-order chi connectivity index (χ1) is 13.5. The van der Waals surface area contributed by atoms with E-state index < -0.39 is 0 Å². The standard InChI is InChI=1S/C22H27BrN4O/c1-4-13-27-20(25-19-6-5-12-24-21(19)27)15-26(14-11-16(2)3)22(28)17-7-9-18(23)10-8-17/h5-10,12,16H,4,11,13-15H2,1-3H3. The van der Waals surface area contributed by atoms with E-state index in [-0.39, 0.29) is 5.91 Å². The lowest BCUT2D eigenvalue weighted by molar-refractivity contribution is 0.0729. The fraction of sp³-hybridized carbons (Fsp3) is 0.409. The maximum absolute atomic E-state index is 13.2. The number of hydrogen-bond acceptors (Lipinski definition) is 3. The van der Waals surface area contributed by atoms with Gasteiger partial charge in [0.05, 0.1) is 6.54 Å². The third-order valence-corrected chi connectivity index (χ3v) is 5.25. The monoisotopic (exact) mass is 442 g/mol. The van der Waals surface area contributed by atoms with Crippen LogP contribution in [-0.4, -0.2) is 31.9 Å². The number of imidazole rings is 1. The van der Waals surface area contributed by atoms with Gasteiger partial charge in [-0.2, -0.15) is 0 Å². The van der Waals surface area contributed by atoms with Crippen LogP contribution in [0.25, 0.3) is 11.2 Å². The van der Waals surface area contributed by atoms with Crippen LogP contribution in [0.4, 0.5) is 0 Å². The number of benzene rings is 1. The molecule has 1 aromatic carbocycles. The molecular formula is C22H27BrN4O. The Hall–Kier alpha value is -2.21. The summed E-state index contributed by atoms with van der Waals surface area (Å²) in [6.07, 6.45) is 3.74. The van der Waals surface area contributed by atoms with E-state index in [9.17, 15) is 4.79 Å². The molecule has 3 aromatic rings. The highest BCUT2D eigenvalue weighted by Crippen LogP contribution is 2.19. The van der Waals surface area contributed by atoms with Crippen molar-refractivity contribution in [1.29, 1.82) is 0 Å². The summed E-state index contributed by atoms with van der Waals surface area (Å²) in [5.74, 6) is 1.46. The van der Waals surface area contributed by atoms with Gasteiger partial charge in [-0.05, 0) is 55.2 Å². The van der Waals surface area contributed by atoms with Crippen LogP contribution in [0.1, 0.15) is 49.8 Å². The predicted molar refractivity (Wildman–Crippen MR) is 116 cm³/mol. The molecule has 28 heavy (non-hydrogen) atoms. The summed E-state index contributed by atoms with van der Waals surface area (Å²) in [5, 5.41) is 0. The summed E-state index contributed by atoms with van der Waals surface area (Å²) < 4.78 is 3.11. The molecule has 3 rings (SSSR count). The smallest absolute Gasteiger partial charge is 0.254 e. The molecule has 0 aliphatic rings. The summed E-state index contributed by atoms with van der Waals surface area (Å²) >= 11 is 3.44. The van der Waals surface area contributed by atoms with Gasteiger partial charge in [0.25, 0.3) is 5.91 Å². The van der Waals surface area contributed by atoms with Crippen molar-refractivity contribution in [2.75, 3.05) is 6.54 Å². The third-order valence-electron chi connectivity index (χ3n) is 4.72. The van der Waals surface area contributed by atoms with Crippen LogP contribution < -0.4 is 0 Å². The second-order valence-electron chi connectivity index (χ2n) is 7.44. The zero-order valence-corrected chi connectivity index (χ0v) is 18.3. The van der Waals surface area contributed by atoms with Gasteiger partial charge in [-0.25, -0.2) is 9.97 Å². The molecule has 0 saturated heterocycles. The fourth-order valence-corrected chi connectivity index (χ4v) is 3.46.